The van der Waals surface area contributed by atoms with Gasteiger partial charge in [-0.1, -0.05) is 32.0 Å². The number of aryl methyl sites for hydroxylation is 1. The van der Waals surface area contributed by atoms with Crippen molar-refractivity contribution in [3.8, 4) is 0 Å². The van der Waals surface area contributed by atoms with E-state index in [0.717, 1.165) is 37.8 Å². The number of rotatable bonds is 8. The lowest BCUT2D eigenvalue weighted by atomic mass is 10.0. The van der Waals surface area contributed by atoms with E-state index in [1.165, 1.54) is 6.42 Å². The minimum absolute atomic E-state index is 0.0675. The summed E-state index contributed by atoms with van der Waals surface area (Å²) in [5, 5.41) is 3.53. The Labute approximate surface area is 104 Å². The van der Waals surface area contributed by atoms with Crippen LogP contribution in [0.15, 0.2) is 24.3 Å². The monoisotopic (exact) mass is 237 g/mol. The number of halogens is 1. The zero-order valence-corrected chi connectivity index (χ0v) is 11.0. The van der Waals surface area contributed by atoms with E-state index in [1.807, 2.05) is 12.1 Å². The Hall–Kier alpha value is -0.890. The summed E-state index contributed by atoms with van der Waals surface area (Å²) >= 11 is 0. The molecule has 0 aliphatic heterocycles. The van der Waals surface area contributed by atoms with E-state index in [4.69, 9.17) is 0 Å². The largest absolute Gasteiger partial charge is 0.314 e. The van der Waals surface area contributed by atoms with Gasteiger partial charge < -0.3 is 5.32 Å². The van der Waals surface area contributed by atoms with Crippen molar-refractivity contribution in [3.63, 3.8) is 0 Å². The summed E-state index contributed by atoms with van der Waals surface area (Å²) in [5.41, 5.74) is 0.845. The summed E-state index contributed by atoms with van der Waals surface area (Å²) in [7, 11) is 0. The third-order valence-electron chi connectivity index (χ3n) is 3.13. The van der Waals surface area contributed by atoms with Crippen LogP contribution in [0.3, 0.4) is 0 Å². The lowest BCUT2D eigenvalue weighted by Gasteiger charge is -2.16. The van der Waals surface area contributed by atoms with E-state index in [0.29, 0.717) is 6.04 Å². The highest BCUT2D eigenvalue weighted by molar-refractivity contribution is 5.17. The van der Waals surface area contributed by atoms with Crippen LogP contribution in [0.2, 0.25) is 0 Å². The van der Waals surface area contributed by atoms with Crippen LogP contribution in [0, 0.1) is 5.82 Å². The fourth-order valence-corrected chi connectivity index (χ4v) is 2.04. The summed E-state index contributed by atoms with van der Waals surface area (Å²) in [6.45, 7) is 5.47. The lowest BCUT2D eigenvalue weighted by Crippen LogP contribution is -2.29. The molecule has 96 valence electrons. The zero-order valence-electron chi connectivity index (χ0n) is 11.0. The molecule has 17 heavy (non-hydrogen) atoms. The molecular formula is C15H24FN. The van der Waals surface area contributed by atoms with E-state index in [9.17, 15) is 4.39 Å². The molecule has 1 aromatic rings. The molecule has 1 rings (SSSR count). The van der Waals surface area contributed by atoms with Crippen molar-refractivity contribution in [1.82, 2.24) is 5.32 Å². The molecule has 0 aromatic heterocycles. The lowest BCUT2D eigenvalue weighted by molar-refractivity contribution is 0.454. The first-order valence-electron chi connectivity index (χ1n) is 6.74. The molecule has 1 nitrogen and oxygen atoms in total. The average molecular weight is 237 g/mol. The Morgan fingerprint density at radius 1 is 1.24 bits per heavy atom. The summed E-state index contributed by atoms with van der Waals surface area (Å²) in [5.74, 6) is -0.0675. The molecule has 1 aromatic carbocycles. The average Bonchev–Trinajstić information content (AvgIpc) is 2.35. The maximum atomic E-state index is 13.4. The standard InChI is InChI=1S/C15H24FN/c1-3-12-17-14(4-2)10-7-9-13-8-5-6-11-15(13)16/h5-6,8,11,14,17H,3-4,7,9-10,12H2,1-2H3. The normalized spacial score (nSPS) is 12.6. The van der Waals surface area contributed by atoms with Gasteiger partial charge in [0, 0.05) is 6.04 Å². The molecule has 0 fully saturated rings. The van der Waals surface area contributed by atoms with E-state index in [2.05, 4.69) is 19.2 Å². The maximum absolute atomic E-state index is 13.4. The van der Waals surface area contributed by atoms with Gasteiger partial charge in [-0.25, -0.2) is 4.39 Å². The molecular weight excluding hydrogens is 213 g/mol. The van der Waals surface area contributed by atoms with Crippen molar-refractivity contribution in [2.24, 2.45) is 0 Å². The topological polar surface area (TPSA) is 12.0 Å². The Morgan fingerprint density at radius 3 is 2.65 bits per heavy atom. The van der Waals surface area contributed by atoms with Crippen LogP contribution in [-0.2, 0) is 6.42 Å². The second-order valence-corrected chi connectivity index (χ2v) is 4.54. The van der Waals surface area contributed by atoms with E-state index in [-0.39, 0.29) is 5.82 Å². The van der Waals surface area contributed by atoms with Crippen molar-refractivity contribution in [2.45, 2.75) is 52.0 Å². The summed E-state index contributed by atoms with van der Waals surface area (Å²) in [6.07, 6.45) is 5.35. The van der Waals surface area contributed by atoms with Crippen LogP contribution in [0.4, 0.5) is 4.39 Å². The molecule has 0 aliphatic carbocycles. The summed E-state index contributed by atoms with van der Waals surface area (Å²) < 4.78 is 13.4. The molecule has 1 unspecified atom stereocenters. The third-order valence-corrected chi connectivity index (χ3v) is 3.13. The molecule has 1 atom stereocenters. The van der Waals surface area contributed by atoms with Crippen molar-refractivity contribution >= 4 is 0 Å². The molecule has 0 heterocycles. The molecule has 0 bridgehead atoms. The second kappa shape index (κ2) is 8.24. The number of hydrogen-bond donors (Lipinski definition) is 1. The Bertz CT molecular complexity index is 312. The van der Waals surface area contributed by atoms with Crippen molar-refractivity contribution < 1.29 is 4.39 Å². The molecule has 0 radical (unpaired) electrons. The van der Waals surface area contributed by atoms with Crippen LogP contribution in [-0.4, -0.2) is 12.6 Å². The van der Waals surface area contributed by atoms with Crippen LogP contribution in [0.1, 0.15) is 45.1 Å². The molecule has 0 aliphatic rings. The van der Waals surface area contributed by atoms with Gasteiger partial charge in [0.15, 0.2) is 0 Å². The Morgan fingerprint density at radius 2 is 2.00 bits per heavy atom. The fraction of sp³-hybridized carbons (Fsp3) is 0.600. The highest BCUT2D eigenvalue weighted by atomic mass is 19.1. The van der Waals surface area contributed by atoms with Gasteiger partial charge in [0.2, 0.25) is 0 Å². The minimum atomic E-state index is -0.0675. The van der Waals surface area contributed by atoms with Gasteiger partial charge in [0.05, 0.1) is 0 Å². The van der Waals surface area contributed by atoms with Crippen molar-refractivity contribution in [3.05, 3.63) is 35.6 Å². The zero-order chi connectivity index (χ0) is 12.5. The van der Waals surface area contributed by atoms with E-state index < -0.39 is 0 Å². The van der Waals surface area contributed by atoms with Gasteiger partial charge in [-0.2, -0.15) is 0 Å². The number of hydrogen-bond acceptors (Lipinski definition) is 1. The molecule has 1 N–H and O–H groups in total. The van der Waals surface area contributed by atoms with Gasteiger partial charge >= 0.3 is 0 Å². The molecule has 0 saturated carbocycles. The van der Waals surface area contributed by atoms with Gasteiger partial charge in [0.1, 0.15) is 5.82 Å². The molecule has 2 heteroatoms. The first-order valence-corrected chi connectivity index (χ1v) is 6.74. The fourth-order valence-electron chi connectivity index (χ4n) is 2.04. The highest BCUT2D eigenvalue weighted by Crippen LogP contribution is 2.12. The Kier molecular flexibility index (Phi) is 6.87. The van der Waals surface area contributed by atoms with Crippen LogP contribution < -0.4 is 5.32 Å². The number of nitrogens with one attached hydrogen (secondary N) is 1. The predicted molar refractivity (Wildman–Crippen MR) is 71.7 cm³/mol. The van der Waals surface area contributed by atoms with Gasteiger partial charge in [-0.3, -0.25) is 0 Å². The first kappa shape index (κ1) is 14.2. The van der Waals surface area contributed by atoms with Gasteiger partial charge in [-0.15, -0.1) is 0 Å². The maximum Gasteiger partial charge on any atom is 0.126 e. The molecule has 0 amide bonds. The Balaban J connectivity index is 2.28. The van der Waals surface area contributed by atoms with Crippen molar-refractivity contribution in [1.29, 1.82) is 0 Å². The van der Waals surface area contributed by atoms with E-state index >= 15 is 0 Å². The van der Waals surface area contributed by atoms with Gasteiger partial charge in [0.25, 0.3) is 0 Å². The predicted octanol–water partition coefficient (Wildman–Crippen LogP) is 3.93. The number of benzene rings is 1. The van der Waals surface area contributed by atoms with Crippen LogP contribution in [0.25, 0.3) is 0 Å². The van der Waals surface area contributed by atoms with Crippen molar-refractivity contribution in [2.75, 3.05) is 6.54 Å². The smallest absolute Gasteiger partial charge is 0.126 e. The first-order chi connectivity index (χ1) is 8.27. The quantitative estimate of drug-likeness (QED) is 0.722. The van der Waals surface area contributed by atoms with Gasteiger partial charge in [-0.05, 0) is 50.3 Å². The molecule has 0 spiro atoms. The van der Waals surface area contributed by atoms with E-state index in [1.54, 1.807) is 12.1 Å². The highest BCUT2D eigenvalue weighted by Gasteiger charge is 2.06. The minimum Gasteiger partial charge on any atom is -0.314 e. The van der Waals surface area contributed by atoms with Crippen LogP contribution >= 0.6 is 0 Å². The summed E-state index contributed by atoms with van der Waals surface area (Å²) in [6, 6.07) is 7.67. The molecule has 0 saturated heterocycles. The second-order valence-electron chi connectivity index (χ2n) is 4.54. The third kappa shape index (κ3) is 5.31. The van der Waals surface area contributed by atoms with Crippen LogP contribution in [0.5, 0.6) is 0 Å². The SMILES string of the molecule is CCCNC(CC)CCCc1ccccc1F. The summed E-state index contributed by atoms with van der Waals surface area (Å²) in [4.78, 5) is 0.